The monoisotopic (exact) mass is 231 g/mol. The first-order valence-corrected chi connectivity index (χ1v) is 6.85. The van der Waals surface area contributed by atoms with Crippen molar-refractivity contribution in [3.63, 3.8) is 0 Å². The fraction of sp³-hybridized carbons (Fsp3) is 0.600. The Labute approximate surface area is 103 Å². The molecule has 3 rings (SSSR count). The number of fused-ring (bicyclic) bond motifs is 1. The normalized spacial score (nSPS) is 28.0. The van der Waals surface area contributed by atoms with E-state index in [2.05, 4.69) is 11.4 Å². The van der Waals surface area contributed by atoms with E-state index in [1.807, 2.05) is 12.1 Å². The SMILES string of the molecule is Oc1ccc2c(c1)CC(CC1CCCN1)CC2. The molecular formula is C15H21NO. The smallest absolute Gasteiger partial charge is 0.115 e. The zero-order chi connectivity index (χ0) is 11.7. The van der Waals surface area contributed by atoms with Gasteiger partial charge < -0.3 is 10.4 Å². The van der Waals surface area contributed by atoms with Gasteiger partial charge in [-0.05, 0) is 74.2 Å². The minimum atomic E-state index is 0.420. The maximum Gasteiger partial charge on any atom is 0.115 e. The fourth-order valence-corrected chi connectivity index (χ4v) is 3.38. The number of aryl methyl sites for hydroxylation is 1. The van der Waals surface area contributed by atoms with E-state index in [0.29, 0.717) is 5.75 Å². The second kappa shape index (κ2) is 4.69. The summed E-state index contributed by atoms with van der Waals surface area (Å²) in [5.74, 6) is 1.23. The summed E-state index contributed by atoms with van der Waals surface area (Å²) >= 11 is 0. The topological polar surface area (TPSA) is 32.3 Å². The minimum absolute atomic E-state index is 0.420. The van der Waals surface area contributed by atoms with E-state index in [1.165, 1.54) is 49.8 Å². The summed E-state index contributed by atoms with van der Waals surface area (Å²) in [5.41, 5.74) is 2.82. The third kappa shape index (κ3) is 2.47. The van der Waals surface area contributed by atoms with Crippen molar-refractivity contribution in [1.82, 2.24) is 5.32 Å². The Morgan fingerprint density at radius 3 is 3.00 bits per heavy atom. The highest BCUT2D eigenvalue weighted by Crippen LogP contribution is 2.31. The van der Waals surface area contributed by atoms with Crippen molar-refractivity contribution in [2.24, 2.45) is 5.92 Å². The van der Waals surface area contributed by atoms with Crippen LogP contribution in [-0.4, -0.2) is 17.7 Å². The van der Waals surface area contributed by atoms with Crippen molar-refractivity contribution in [3.8, 4) is 5.75 Å². The van der Waals surface area contributed by atoms with Gasteiger partial charge in [0.15, 0.2) is 0 Å². The van der Waals surface area contributed by atoms with E-state index in [-0.39, 0.29) is 0 Å². The van der Waals surface area contributed by atoms with Crippen LogP contribution in [0.1, 0.15) is 36.8 Å². The van der Waals surface area contributed by atoms with Crippen molar-refractivity contribution in [3.05, 3.63) is 29.3 Å². The molecule has 1 aromatic rings. The maximum atomic E-state index is 9.55. The average Bonchev–Trinajstić information content (AvgIpc) is 2.81. The third-order valence-electron chi connectivity index (χ3n) is 4.30. The summed E-state index contributed by atoms with van der Waals surface area (Å²) in [7, 11) is 0. The Morgan fingerprint density at radius 1 is 1.24 bits per heavy atom. The predicted octanol–water partition coefficient (Wildman–Crippen LogP) is 2.64. The van der Waals surface area contributed by atoms with Crippen LogP contribution >= 0.6 is 0 Å². The second-order valence-electron chi connectivity index (χ2n) is 5.59. The van der Waals surface area contributed by atoms with Gasteiger partial charge in [-0.2, -0.15) is 0 Å². The molecule has 0 radical (unpaired) electrons. The molecule has 2 unspecified atom stereocenters. The van der Waals surface area contributed by atoms with Crippen molar-refractivity contribution in [2.75, 3.05) is 6.54 Å². The fourth-order valence-electron chi connectivity index (χ4n) is 3.38. The zero-order valence-corrected chi connectivity index (χ0v) is 10.3. The molecule has 1 fully saturated rings. The van der Waals surface area contributed by atoms with E-state index in [9.17, 15) is 5.11 Å². The van der Waals surface area contributed by atoms with Crippen LogP contribution in [0.25, 0.3) is 0 Å². The van der Waals surface area contributed by atoms with Gasteiger partial charge in [0, 0.05) is 6.04 Å². The highest BCUT2D eigenvalue weighted by atomic mass is 16.3. The first-order chi connectivity index (χ1) is 8.31. The first kappa shape index (κ1) is 11.1. The van der Waals surface area contributed by atoms with E-state index in [0.717, 1.165) is 18.4 Å². The van der Waals surface area contributed by atoms with Crippen LogP contribution < -0.4 is 5.32 Å². The molecule has 17 heavy (non-hydrogen) atoms. The van der Waals surface area contributed by atoms with Crippen molar-refractivity contribution < 1.29 is 5.11 Å². The predicted molar refractivity (Wildman–Crippen MR) is 69.3 cm³/mol. The molecule has 1 aromatic carbocycles. The average molecular weight is 231 g/mol. The van der Waals surface area contributed by atoms with Crippen LogP contribution in [0.2, 0.25) is 0 Å². The summed E-state index contributed by atoms with van der Waals surface area (Å²) in [6, 6.07) is 6.62. The summed E-state index contributed by atoms with van der Waals surface area (Å²) in [6.45, 7) is 1.20. The number of hydrogen-bond donors (Lipinski definition) is 2. The van der Waals surface area contributed by atoms with Crippen LogP contribution in [0.4, 0.5) is 0 Å². The zero-order valence-electron chi connectivity index (χ0n) is 10.3. The minimum Gasteiger partial charge on any atom is -0.508 e. The van der Waals surface area contributed by atoms with Crippen molar-refractivity contribution >= 4 is 0 Å². The Balaban J connectivity index is 1.67. The summed E-state index contributed by atoms with van der Waals surface area (Å²) in [4.78, 5) is 0. The number of benzene rings is 1. The molecule has 0 amide bonds. The summed E-state index contributed by atoms with van der Waals surface area (Å²) in [5, 5.41) is 13.1. The van der Waals surface area contributed by atoms with Crippen LogP contribution in [0, 0.1) is 5.92 Å². The van der Waals surface area contributed by atoms with Crippen molar-refractivity contribution in [1.29, 1.82) is 0 Å². The molecule has 2 heteroatoms. The number of nitrogens with one attached hydrogen (secondary N) is 1. The lowest BCUT2D eigenvalue weighted by Gasteiger charge is -2.27. The maximum absolute atomic E-state index is 9.55. The molecule has 2 nitrogen and oxygen atoms in total. The van der Waals surface area contributed by atoms with E-state index >= 15 is 0 Å². The summed E-state index contributed by atoms with van der Waals surface area (Å²) in [6.07, 6.45) is 7.66. The van der Waals surface area contributed by atoms with Gasteiger partial charge in [-0.25, -0.2) is 0 Å². The molecule has 2 aliphatic rings. The Morgan fingerprint density at radius 2 is 2.18 bits per heavy atom. The largest absolute Gasteiger partial charge is 0.508 e. The van der Waals surface area contributed by atoms with Gasteiger partial charge in [0.2, 0.25) is 0 Å². The Bertz CT molecular complexity index is 396. The molecule has 0 spiro atoms. The Hall–Kier alpha value is -1.02. The lowest BCUT2D eigenvalue weighted by molar-refractivity contribution is 0.371. The molecule has 1 aliphatic heterocycles. The van der Waals surface area contributed by atoms with Gasteiger partial charge in [0.1, 0.15) is 5.75 Å². The number of aromatic hydroxyl groups is 1. The van der Waals surface area contributed by atoms with E-state index in [1.54, 1.807) is 0 Å². The first-order valence-electron chi connectivity index (χ1n) is 6.85. The molecule has 0 saturated carbocycles. The van der Waals surface area contributed by atoms with Gasteiger partial charge in [-0.1, -0.05) is 6.07 Å². The van der Waals surface area contributed by atoms with Gasteiger partial charge in [0.05, 0.1) is 0 Å². The Kier molecular flexibility index (Phi) is 3.06. The van der Waals surface area contributed by atoms with Gasteiger partial charge in [-0.3, -0.25) is 0 Å². The number of phenolic OH excluding ortho intramolecular Hbond substituents is 1. The molecule has 0 aromatic heterocycles. The quantitative estimate of drug-likeness (QED) is 0.820. The van der Waals surface area contributed by atoms with Gasteiger partial charge in [0.25, 0.3) is 0 Å². The standard InChI is InChI=1S/C15H21NO/c17-15-6-5-12-4-3-11(8-13(12)10-15)9-14-2-1-7-16-14/h5-6,10-11,14,16-17H,1-4,7-9H2. The molecular weight excluding hydrogens is 210 g/mol. The second-order valence-corrected chi connectivity index (χ2v) is 5.59. The number of phenols is 1. The van der Waals surface area contributed by atoms with Crippen LogP contribution in [0.15, 0.2) is 18.2 Å². The molecule has 2 atom stereocenters. The molecule has 1 heterocycles. The molecule has 1 aliphatic carbocycles. The molecule has 0 bridgehead atoms. The highest BCUT2D eigenvalue weighted by Gasteiger charge is 2.23. The third-order valence-corrected chi connectivity index (χ3v) is 4.30. The summed E-state index contributed by atoms with van der Waals surface area (Å²) < 4.78 is 0. The van der Waals surface area contributed by atoms with Crippen LogP contribution in [0.5, 0.6) is 5.75 Å². The molecule has 1 saturated heterocycles. The van der Waals surface area contributed by atoms with Gasteiger partial charge in [-0.15, -0.1) is 0 Å². The number of hydrogen-bond acceptors (Lipinski definition) is 2. The highest BCUT2D eigenvalue weighted by molar-refractivity contribution is 5.36. The van der Waals surface area contributed by atoms with E-state index < -0.39 is 0 Å². The van der Waals surface area contributed by atoms with Crippen LogP contribution in [-0.2, 0) is 12.8 Å². The lowest BCUT2D eigenvalue weighted by atomic mass is 9.80. The number of rotatable bonds is 2. The molecule has 92 valence electrons. The van der Waals surface area contributed by atoms with Crippen LogP contribution in [0.3, 0.4) is 0 Å². The van der Waals surface area contributed by atoms with Crippen molar-refractivity contribution in [2.45, 2.75) is 44.6 Å². The van der Waals surface area contributed by atoms with E-state index in [4.69, 9.17) is 0 Å². The lowest BCUT2D eigenvalue weighted by Crippen LogP contribution is -2.27. The van der Waals surface area contributed by atoms with Gasteiger partial charge >= 0.3 is 0 Å². The molecule has 2 N–H and O–H groups in total.